The summed E-state index contributed by atoms with van der Waals surface area (Å²) >= 11 is 0. The lowest BCUT2D eigenvalue weighted by atomic mass is 9.94. The fourth-order valence-electron chi connectivity index (χ4n) is 4.09. The Hall–Kier alpha value is -2.33. The maximum atomic E-state index is 6.07. The van der Waals surface area contributed by atoms with Crippen molar-refractivity contribution in [3.63, 3.8) is 0 Å². The fourth-order valence-corrected chi connectivity index (χ4v) is 4.09. The van der Waals surface area contributed by atoms with Crippen LogP contribution in [0.25, 0.3) is 16.9 Å². The number of rotatable bonds is 4. The van der Waals surface area contributed by atoms with E-state index in [4.69, 9.17) is 10.7 Å². The molecule has 1 aliphatic rings. The van der Waals surface area contributed by atoms with Crippen LogP contribution in [0.2, 0.25) is 0 Å². The minimum Gasteiger partial charge on any atom is -0.398 e. The molecule has 0 saturated heterocycles. The van der Waals surface area contributed by atoms with E-state index in [-0.39, 0.29) is 0 Å². The summed E-state index contributed by atoms with van der Waals surface area (Å²) in [4.78, 5) is 7.44. The van der Waals surface area contributed by atoms with E-state index in [2.05, 4.69) is 47.5 Å². The summed E-state index contributed by atoms with van der Waals surface area (Å²) in [5.41, 5.74) is 12.5. The summed E-state index contributed by atoms with van der Waals surface area (Å²) in [6.45, 7) is 3.00. The number of anilines is 1. The van der Waals surface area contributed by atoms with Gasteiger partial charge in [0.15, 0.2) is 0 Å². The predicted octanol–water partition coefficient (Wildman–Crippen LogP) is 4.66. The van der Waals surface area contributed by atoms with Gasteiger partial charge in [0.25, 0.3) is 0 Å². The molecule has 0 unspecified atom stereocenters. The Morgan fingerprint density at radius 1 is 1.08 bits per heavy atom. The van der Waals surface area contributed by atoms with Crippen LogP contribution in [0.3, 0.4) is 0 Å². The number of fused-ring (bicyclic) bond motifs is 1. The fraction of sp³-hybridized carbons (Fsp3) is 0.409. The van der Waals surface area contributed by atoms with E-state index in [1.807, 2.05) is 18.3 Å². The van der Waals surface area contributed by atoms with Crippen LogP contribution in [0, 0.1) is 6.92 Å². The molecule has 4 heteroatoms. The molecule has 1 saturated carbocycles. The van der Waals surface area contributed by atoms with Crippen molar-refractivity contribution in [1.82, 2.24) is 14.3 Å². The van der Waals surface area contributed by atoms with Crippen LogP contribution in [0.4, 0.5) is 5.69 Å². The molecular formula is C22H28N4. The summed E-state index contributed by atoms with van der Waals surface area (Å²) in [7, 11) is 2.25. The average Bonchev–Trinajstić information content (AvgIpc) is 3.01. The number of aromatic nitrogens is 2. The molecule has 2 N–H and O–H groups in total. The maximum absolute atomic E-state index is 6.07. The van der Waals surface area contributed by atoms with Gasteiger partial charge in [0.1, 0.15) is 5.65 Å². The molecule has 0 radical (unpaired) electrons. The highest BCUT2D eigenvalue weighted by molar-refractivity contribution is 5.67. The zero-order valence-corrected chi connectivity index (χ0v) is 15.8. The first-order chi connectivity index (χ1) is 12.6. The van der Waals surface area contributed by atoms with Crippen molar-refractivity contribution in [3.05, 3.63) is 53.9 Å². The number of hydrogen-bond donors (Lipinski definition) is 1. The number of imidazole rings is 1. The van der Waals surface area contributed by atoms with Crippen molar-refractivity contribution in [2.45, 2.75) is 51.6 Å². The normalized spacial score (nSPS) is 15.8. The number of nitrogens with zero attached hydrogens (tertiary/aromatic N) is 3. The lowest BCUT2D eigenvalue weighted by molar-refractivity contribution is 0.182. The lowest BCUT2D eigenvalue weighted by Crippen LogP contribution is -2.33. The maximum Gasteiger partial charge on any atom is 0.137 e. The number of benzene rings is 1. The Balaban J connectivity index is 1.75. The topological polar surface area (TPSA) is 46.6 Å². The summed E-state index contributed by atoms with van der Waals surface area (Å²) in [5, 5.41) is 0. The van der Waals surface area contributed by atoms with E-state index in [0.717, 1.165) is 23.6 Å². The quantitative estimate of drug-likeness (QED) is 0.746. The van der Waals surface area contributed by atoms with Gasteiger partial charge in [0.05, 0.1) is 11.4 Å². The molecule has 26 heavy (non-hydrogen) atoms. The number of nitrogens with two attached hydrogens (primary N) is 1. The first-order valence-electron chi connectivity index (χ1n) is 9.65. The van der Waals surface area contributed by atoms with Gasteiger partial charge in [-0.05, 0) is 38.9 Å². The number of hydrogen-bond acceptors (Lipinski definition) is 3. The van der Waals surface area contributed by atoms with Crippen LogP contribution in [-0.2, 0) is 6.54 Å². The molecule has 1 aliphatic carbocycles. The Morgan fingerprint density at radius 2 is 1.81 bits per heavy atom. The molecule has 1 aromatic carbocycles. The molecule has 0 bridgehead atoms. The number of pyridine rings is 1. The highest BCUT2D eigenvalue weighted by Gasteiger charge is 2.22. The molecule has 136 valence electrons. The van der Waals surface area contributed by atoms with Crippen molar-refractivity contribution < 1.29 is 0 Å². The smallest absolute Gasteiger partial charge is 0.137 e. The minimum absolute atomic E-state index is 0.668. The van der Waals surface area contributed by atoms with Gasteiger partial charge in [-0.1, -0.05) is 49.1 Å². The van der Waals surface area contributed by atoms with Gasteiger partial charge >= 0.3 is 0 Å². The molecule has 0 aliphatic heterocycles. The van der Waals surface area contributed by atoms with E-state index in [1.165, 1.54) is 48.9 Å². The van der Waals surface area contributed by atoms with Crippen molar-refractivity contribution in [3.8, 4) is 11.3 Å². The first kappa shape index (κ1) is 17.1. The van der Waals surface area contributed by atoms with Crippen molar-refractivity contribution >= 4 is 11.3 Å². The van der Waals surface area contributed by atoms with Gasteiger partial charge in [-0.3, -0.25) is 4.90 Å². The molecule has 0 atom stereocenters. The van der Waals surface area contributed by atoms with Gasteiger partial charge in [0.2, 0.25) is 0 Å². The highest BCUT2D eigenvalue weighted by Crippen LogP contribution is 2.29. The van der Waals surface area contributed by atoms with Crippen LogP contribution in [0.5, 0.6) is 0 Å². The van der Waals surface area contributed by atoms with Gasteiger partial charge in [-0.15, -0.1) is 0 Å². The van der Waals surface area contributed by atoms with E-state index < -0.39 is 0 Å². The average molecular weight is 348 g/mol. The lowest BCUT2D eigenvalue weighted by Gasteiger charge is -2.31. The van der Waals surface area contributed by atoms with Crippen molar-refractivity contribution in [2.75, 3.05) is 12.8 Å². The third-order valence-corrected chi connectivity index (χ3v) is 5.66. The largest absolute Gasteiger partial charge is 0.398 e. The van der Waals surface area contributed by atoms with Crippen LogP contribution in [-0.4, -0.2) is 27.4 Å². The molecular weight excluding hydrogens is 320 g/mol. The van der Waals surface area contributed by atoms with Crippen LogP contribution in [0.1, 0.15) is 43.4 Å². The third-order valence-electron chi connectivity index (χ3n) is 5.66. The van der Waals surface area contributed by atoms with E-state index in [9.17, 15) is 0 Å². The second-order valence-corrected chi connectivity index (χ2v) is 7.67. The third kappa shape index (κ3) is 3.34. The molecule has 0 amide bonds. The second-order valence-electron chi connectivity index (χ2n) is 7.67. The highest BCUT2D eigenvalue weighted by atomic mass is 15.2. The molecule has 4 rings (SSSR count). The summed E-state index contributed by atoms with van der Waals surface area (Å²) in [6.07, 6.45) is 8.68. The van der Waals surface area contributed by atoms with Crippen molar-refractivity contribution in [1.29, 1.82) is 0 Å². The number of nitrogen functional groups attached to an aromatic ring is 1. The van der Waals surface area contributed by atoms with Gasteiger partial charge in [-0.25, -0.2) is 4.98 Å². The number of aryl methyl sites for hydroxylation is 1. The second kappa shape index (κ2) is 7.12. The Bertz CT molecular complexity index is 888. The minimum atomic E-state index is 0.668. The van der Waals surface area contributed by atoms with Crippen LogP contribution in [0.15, 0.2) is 42.6 Å². The van der Waals surface area contributed by atoms with Crippen molar-refractivity contribution in [2.24, 2.45) is 0 Å². The van der Waals surface area contributed by atoms with E-state index >= 15 is 0 Å². The molecule has 4 nitrogen and oxygen atoms in total. The molecule has 0 spiro atoms. The Labute approximate surface area is 155 Å². The van der Waals surface area contributed by atoms with E-state index in [0.29, 0.717) is 6.04 Å². The SMILES string of the molecule is Cc1ccc(-c2nc3ccc(N)cn3c2CN(C)C2CCCCC2)cc1. The molecule has 2 heterocycles. The predicted molar refractivity (Wildman–Crippen MR) is 108 cm³/mol. The summed E-state index contributed by atoms with van der Waals surface area (Å²) < 4.78 is 2.17. The van der Waals surface area contributed by atoms with Gasteiger partial charge < -0.3 is 10.1 Å². The zero-order chi connectivity index (χ0) is 18.1. The standard InChI is InChI=1S/C22H28N4/c1-16-8-10-17(11-9-16)22-20(15-25(2)19-6-4-3-5-7-19)26-14-18(23)12-13-21(26)24-22/h8-14,19H,3-7,15,23H2,1-2H3. The molecule has 2 aromatic heterocycles. The Kier molecular flexibility index (Phi) is 4.68. The zero-order valence-electron chi connectivity index (χ0n) is 15.8. The van der Waals surface area contributed by atoms with Gasteiger partial charge in [0, 0.05) is 30.0 Å². The van der Waals surface area contributed by atoms with Crippen LogP contribution < -0.4 is 5.73 Å². The summed E-state index contributed by atoms with van der Waals surface area (Å²) in [5.74, 6) is 0. The summed E-state index contributed by atoms with van der Waals surface area (Å²) in [6, 6.07) is 13.3. The van der Waals surface area contributed by atoms with Gasteiger partial charge in [-0.2, -0.15) is 0 Å². The Morgan fingerprint density at radius 3 is 2.54 bits per heavy atom. The van der Waals surface area contributed by atoms with Crippen LogP contribution >= 0.6 is 0 Å². The first-order valence-corrected chi connectivity index (χ1v) is 9.65. The monoisotopic (exact) mass is 348 g/mol. The molecule has 3 aromatic rings. The van der Waals surface area contributed by atoms with E-state index in [1.54, 1.807) is 0 Å². The molecule has 1 fully saturated rings.